The van der Waals surface area contributed by atoms with Crippen molar-refractivity contribution in [3.05, 3.63) is 29.8 Å². The van der Waals surface area contributed by atoms with Crippen molar-refractivity contribution in [2.75, 3.05) is 18.4 Å². The molecule has 4 N–H and O–H groups in total. The molecule has 0 atom stereocenters. The van der Waals surface area contributed by atoms with Crippen molar-refractivity contribution in [1.29, 1.82) is 0 Å². The van der Waals surface area contributed by atoms with E-state index < -0.39 is 0 Å². The zero-order valence-corrected chi connectivity index (χ0v) is 10.6. The number of amides is 2. The third kappa shape index (κ3) is 3.38. The molecule has 0 radical (unpaired) electrons. The SMILES string of the molecule is CCN(CC)C(=O)Nc1ccc(C(N)=NO)cc1. The number of hydrogen-bond donors (Lipinski definition) is 3. The number of oxime groups is 1. The van der Waals surface area contributed by atoms with Crippen LogP contribution >= 0.6 is 0 Å². The number of carbonyl (C=O) groups excluding carboxylic acids is 1. The number of nitrogens with one attached hydrogen (secondary N) is 1. The van der Waals surface area contributed by atoms with Crippen LogP contribution in [0.3, 0.4) is 0 Å². The van der Waals surface area contributed by atoms with E-state index in [0.29, 0.717) is 24.3 Å². The summed E-state index contributed by atoms with van der Waals surface area (Å²) in [6, 6.07) is 6.61. The van der Waals surface area contributed by atoms with Crippen molar-refractivity contribution in [2.24, 2.45) is 10.9 Å². The smallest absolute Gasteiger partial charge is 0.321 e. The Bertz CT molecular complexity index is 424. The van der Waals surface area contributed by atoms with Gasteiger partial charge in [0.1, 0.15) is 0 Å². The molecular formula is C12H18N4O2. The molecule has 18 heavy (non-hydrogen) atoms. The Balaban J connectivity index is 2.72. The van der Waals surface area contributed by atoms with Gasteiger partial charge in [-0.25, -0.2) is 4.79 Å². The topological polar surface area (TPSA) is 91.0 Å². The Morgan fingerprint density at radius 2 is 1.89 bits per heavy atom. The third-order valence-electron chi connectivity index (χ3n) is 2.59. The Labute approximate surface area is 106 Å². The number of carbonyl (C=O) groups is 1. The van der Waals surface area contributed by atoms with Crippen molar-refractivity contribution in [2.45, 2.75) is 13.8 Å². The van der Waals surface area contributed by atoms with Gasteiger partial charge in [0.2, 0.25) is 0 Å². The highest BCUT2D eigenvalue weighted by molar-refractivity contribution is 5.97. The second-order valence-corrected chi connectivity index (χ2v) is 3.67. The van der Waals surface area contributed by atoms with Crippen LogP contribution in [0, 0.1) is 0 Å². The van der Waals surface area contributed by atoms with Crippen molar-refractivity contribution in [1.82, 2.24) is 4.90 Å². The van der Waals surface area contributed by atoms with Crippen LogP contribution in [0.25, 0.3) is 0 Å². The van der Waals surface area contributed by atoms with Crippen LogP contribution in [0.1, 0.15) is 19.4 Å². The maximum atomic E-state index is 11.8. The van der Waals surface area contributed by atoms with Crippen molar-refractivity contribution < 1.29 is 10.0 Å². The molecule has 98 valence electrons. The molecule has 0 bridgehead atoms. The van der Waals surface area contributed by atoms with Gasteiger partial charge in [0, 0.05) is 24.3 Å². The highest BCUT2D eigenvalue weighted by Crippen LogP contribution is 2.10. The molecular weight excluding hydrogens is 232 g/mol. The molecule has 0 aliphatic carbocycles. The molecule has 1 aromatic rings. The summed E-state index contributed by atoms with van der Waals surface area (Å²) >= 11 is 0. The number of nitrogens with two attached hydrogens (primary N) is 1. The quantitative estimate of drug-likeness (QED) is 0.328. The van der Waals surface area contributed by atoms with Crippen molar-refractivity contribution in [3.63, 3.8) is 0 Å². The van der Waals surface area contributed by atoms with Crippen LogP contribution in [-0.4, -0.2) is 35.1 Å². The predicted octanol–water partition coefficient (Wildman–Crippen LogP) is 1.65. The average molecular weight is 250 g/mol. The number of benzene rings is 1. The molecule has 0 saturated heterocycles. The summed E-state index contributed by atoms with van der Waals surface area (Å²) in [6.07, 6.45) is 0. The maximum absolute atomic E-state index is 11.8. The van der Waals surface area contributed by atoms with Crippen LogP contribution in [-0.2, 0) is 0 Å². The van der Waals surface area contributed by atoms with E-state index in [0.717, 1.165) is 0 Å². The summed E-state index contributed by atoms with van der Waals surface area (Å²) < 4.78 is 0. The second-order valence-electron chi connectivity index (χ2n) is 3.67. The van der Waals surface area contributed by atoms with Gasteiger partial charge >= 0.3 is 6.03 Å². The van der Waals surface area contributed by atoms with E-state index >= 15 is 0 Å². The van der Waals surface area contributed by atoms with Crippen LogP contribution in [0.2, 0.25) is 0 Å². The molecule has 0 aliphatic heterocycles. The molecule has 0 unspecified atom stereocenters. The van der Waals surface area contributed by atoms with Gasteiger partial charge in [-0.1, -0.05) is 5.16 Å². The Morgan fingerprint density at radius 1 is 1.33 bits per heavy atom. The van der Waals surface area contributed by atoms with Crippen LogP contribution in [0.5, 0.6) is 0 Å². The molecule has 1 aromatic carbocycles. The fraction of sp³-hybridized carbons (Fsp3) is 0.333. The summed E-state index contributed by atoms with van der Waals surface area (Å²) in [4.78, 5) is 13.5. The Hall–Kier alpha value is -2.24. The highest BCUT2D eigenvalue weighted by Gasteiger charge is 2.09. The molecule has 0 fully saturated rings. The fourth-order valence-electron chi connectivity index (χ4n) is 1.50. The normalized spacial score (nSPS) is 11.1. The average Bonchev–Trinajstić information content (AvgIpc) is 2.40. The first-order chi connectivity index (χ1) is 8.62. The number of rotatable bonds is 4. The van der Waals surface area contributed by atoms with Gasteiger partial charge in [0.25, 0.3) is 0 Å². The van der Waals surface area contributed by atoms with Gasteiger partial charge in [-0.3, -0.25) is 0 Å². The van der Waals surface area contributed by atoms with Gasteiger partial charge in [-0.05, 0) is 38.1 Å². The first kappa shape index (κ1) is 13.8. The molecule has 0 heterocycles. The monoisotopic (exact) mass is 250 g/mol. The van der Waals surface area contributed by atoms with Gasteiger partial charge in [0.15, 0.2) is 5.84 Å². The number of hydrogen-bond acceptors (Lipinski definition) is 3. The van der Waals surface area contributed by atoms with Gasteiger partial charge in [0.05, 0.1) is 0 Å². The molecule has 6 nitrogen and oxygen atoms in total. The zero-order valence-electron chi connectivity index (χ0n) is 10.6. The standard InChI is InChI=1S/C12H18N4O2/c1-3-16(4-2)12(17)14-10-7-5-9(6-8-10)11(13)15-18/h5-8,18H,3-4H2,1-2H3,(H2,13,15)(H,14,17). The van der Waals surface area contributed by atoms with Crippen molar-refractivity contribution >= 4 is 17.6 Å². The van der Waals surface area contributed by atoms with E-state index in [4.69, 9.17) is 10.9 Å². The molecule has 6 heteroatoms. The lowest BCUT2D eigenvalue weighted by Gasteiger charge is -2.19. The predicted molar refractivity (Wildman–Crippen MR) is 70.9 cm³/mol. The lowest BCUT2D eigenvalue weighted by Crippen LogP contribution is -2.34. The number of urea groups is 1. The minimum Gasteiger partial charge on any atom is -0.409 e. The van der Waals surface area contributed by atoms with E-state index in [1.807, 2.05) is 13.8 Å². The van der Waals surface area contributed by atoms with E-state index in [9.17, 15) is 4.79 Å². The summed E-state index contributed by atoms with van der Waals surface area (Å²) in [6.45, 7) is 5.16. The second kappa shape index (κ2) is 6.48. The highest BCUT2D eigenvalue weighted by atomic mass is 16.4. The minimum absolute atomic E-state index is 0.0385. The molecule has 0 spiro atoms. The summed E-state index contributed by atoms with van der Waals surface area (Å²) in [7, 11) is 0. The van der Waals surface area contributed by atoms with Crippen LogP contribution in [0.4, 0.5) is 10.5 Å². The maximum Gasteiger partial charge on any atom is 0.321 e. The zero-order chi connectivity index (χ0) is 13.5. The van der Waals surface area contributed by atoms with E-state index in [1.165, 1.54) is 0 Å². The molecule has 0 aliphatic rings. The van der Waals surface area contributed by atoms with Crippen LogP contribution < -0.4 is 11.1 Å². The van der Waals surface area contributed by atoms with Crippen molar-refractivity contribution in [3.8, 4) is 0 Å². The molecule has 1 rings (SSSR count). The third-order valence-corrected chi connectivity index (χ3v) is 2.59. The van der Waals surface area contributed by atoms with Gasteiger partial charge in [-0.2, -0.15) is 0 Å². The minimum atomic E-state index is -0.142. The van der Waals surface area contributed by atoms with Crippen LogP contribution in [0.15, 0.2) is 29.4 Å². The Morgan fingerprint density at radius 3 is 2.33 bits per heavy atom. The number of amidine groups is 1. The van der Waals surface area contributed by atoms with E-state index in [2.05, 4.69) is 10.5 Å². The summed E-state index contributed by atoms with van der Waals surface area (Å²) in [5.74, 6) is 0.0385. The lowest BCUT2D eigenvalue weighted by atomic mass is 10.2. The van der Waals surface area contributed by atoms with Gasteiger partial charge < -0.3 is 21.2 Å². The lowest BCUT2D eigenvalue weighted by molar-refractivity contribution is 0.217. The van der Waals surface area contributed by atoms with Gasteiger partial charge in [-0.15, -0.1) is 0 Å². The molecule has 2 amide bonds. The first-order valence-electron chi connectivity index (χ1n) is 5.76. The van der Waals surface area contributed by atoms with E-state index in [1.54, 1.807) is 29.2 Å². The molecule has 0 saturated carbocycles. The fourth-order valence-corrected chi connectivity index (χ4v) is 1.50. The largest absolute Gasteiger partial charge is 0.409 e. The summed E-state index contributed by atoms with van der Waals surface area (Å²) in [5, 5.41) is 14.2. The van der Waals surface area contributed by atoms with E-state index in [-0.39, 0.29) is 11.9 Å². The first-order valence-corrected chi connectivity index (χ1v) is 5.76. The summed E-state index contributed by atoms with van der Waals surface area (Å²) in [5.41, 5.74) is 6.70. The number of nitrogens with zero attached hydrogens (tertiary/aromatic N) is 2. The number of anilines is 1. The molecule has 0 aromatic heterocycles. The Kier molecular flexibility index (Phi) is 4.98.